The molecule has 0 aromatic carbocycles. The zero-order valence-corrected chi connectivity index (χ0v) is 8.68. The number of amides is 2. The van der Waals surface area contributed by atoms with Crippen LogP contribution in [0.25, 0.3) is 0 Å². The SMILES string of the molecule is C=C(CCl)CN1CCCN(C)C1=O. The van der Waals surface area contributed by atoms with Gasteiger partial charge in [-0.05, 0) is 12.0 Å². The van der Waals surface area contributed by atoms with Crippen LogP contribution in [0.4, 0.5) is 4.79 Å². The minimum atomic E-state index is 0.0810. The van der Waals surface area contributed by atoms with Crippen molar-refractivity contribution >= 4 is 17.6 Å². The number of rotatable bonds is 3. The van der Waals surface area contributed by atoms with Gasteiger partial charge in [-0.2, -0.15) is 0 Å². The molecule has 13 heavy (non-hydrogen) atoms. The second-order valence-electron chi connectivity index (χ2n) is 3.36. The summed E-state index contributed by atoms with van der Waals surface area (Å²) in [5.41, 5.74) is 0.894. The summed E-state index contributed by atoms with van der Waals surface area (Å²) in [6.07, 6.45) is 1.03. The summed E-state index contributed by atoms with van der Waals surface area (Å²) in [5, 5.41) is 0. The van der Waals surface area contributed by atoms with Gasteiger partial charge in [0, 0.05) is 32.6 Å². The van der Waals surface area contributed by atoms with Gasteiger partial charge >= 0.3 is 6.03 Å². The Balaban J connectivity index is 2.49. The van der Waals surface area contributed by atoms with Crippen molar-refractivity contribution < 1.29 is 4.79 Å². The molecule has 1 saturated heterocycles. The summed E-state index contributed by atoms with van der Waals surface area (Å²) in [7, 11) is 1.82. The van der Waals surface area contributed by atoms with Crippen LogP contribution in [0.2, 0.25) is 0 Å². The van der Waals surface area contributed by atoms with Crippen molar-refractivity contribution in [1.29, 1.82) is 0 Å². The van der Waals surface area contributed by atoms with Crippen LogP contribution in [0.1, 0.15) is 6.42 Å². The predicted octanol–water partition coefficient (Wildman–Crippen LogP) is 1.54. The number of hydrogen-bond donors (Lipinski definition) is 0. The van der Waals surface area contributed by atoms with Gasteiger partial charge in [-0.15, -0.1) is 11.6 Å². The highest BCUT2D eigenvalue weighted by Crippen LogP contribution is 2.09. The first-order valence-electron chi connectivity index (χ1n) is 4.38. The van der Waals surface area contributed by atoms with Gasteiger partial charge in [0.2, 0.25) is 0 Å². The molecule has 0 aliphatic carbocycles. The fourth-order valence-electron chi connectivity index (χ4n) is 1.39. The van der Waals surface area contributed by atoms with Gasteiger partial charge in [0.1, 0.15) is 0 Å². The van der Waals surface area contributed by atoms with Crippen molar-refractivity contribution in [2.75, 3.05) is 32.6 Å². The van der Waals surface area contributed by atoms with Gasteiger partial charge in [-0.3, -0.25) is 0 Å². The quantitative estimate of drug-likeness (QED) is 0.503. The Hall–Kier alpha value is -0.700. The number of nitrogens with zero attached hydrogens (tertiary/aromatic N) is 2. The lowest BCUT2D eigenvalue weighted by atomic mass is 10.2. The third-order valence-electron chi connectivity index (χ3n) is 2.12. The zero-order chi connectivity index (χ0) is 9.84. The summed E-state index contributed by atoms with van der Waals surface area (Å²) in [5.74, 6) is 0.424. The number of carbonyl (C=O) groups excluding carboxylic acids is 1. The van der Waals surface area contributed by atoms with Crippen LogP contribution in [0.5, 0.6) is 0 Å². The van der Waals surface area contributed by atoms with Crippen LogP contribution < -0.4 is 0 Å². The van der Waals surface area contributed by atoms with E-state index < -0.39 is 0 Å². The summed E-state index contributed by atoms with van der Waals surface area (Å²) in [4.78, 5) is 15.1. The Morgan fingerprint density at radius 2 is 2.31 bits per heavy atom. The molecule has 0 radical (unpaired) electrons. The van der Waals surface area contributed by atoms with Gasteiger partial charge < -0.3 is 9.80 Å². The Labute approximate surface area is 83.9 Å². The van der Waals surface area contributed by atoms with Gasteiger partial charge in [0.05, 0.1) is 0 Å². The maximum absolute atomic E-state index is 11.5. The van der Waals surface area contributed by atoms with E-state index in [2.05, 4.69) is 6.58 Å². The van der Waals surface area contributed by atoms with Crippen LogP contribution >= 0.6 is 11.6 Å². The van der Waals surface area contributed by atoms with Crippen molar-refractivity contribution in [2.24, 2.45) is 0 Å². The van der Waals surface area contributed by atoms with E-state index in [4.69, 9.17) is 11.6 Å². The van der Waals surface area contributed by atoms with Crippen molar-refractivity contribution in [1.82, 2.24) is 9.80 Å². The van der Waals surface area contributed by atoms with Gasteiger partial charge in [-0.1, -0.05) is 6.58 Å². The van der Waals surface area contributed by atoms with E-state index in [1.165, 1.54) is 0 Å². The van der Waals surface area contributed by atoms with Crippen LogP contribution in [0, 0.1) is 0 Å². The Morgan fingerprint density at radius 3 is 2.92 bits per heavy atom. The summed E-state index contributed by atoms with van der Waals surface area (Å²) < 4.78 is 0. The predicted molar refractivity (Wildman–Crippen MR) is 54.1 cm³/mol. The number of alkyl halides is 1. The lowest BCUT2D eigenvalue weighted by molar-refractivity contribution is 0.146. The Morgan fingerprint density at radius 1 is 1.62 bits per heavy atom. The number of urea groups is 1. The first-order chi connectivity index (χ1) is 6.15. The second kappa shape index (κ2) is 4.51. The molecule has 1 aliphatic heterocycles. The molecular formula is C9H15ClN2O. The molecule has 0 unspecified atom stereocenters. The van der Waals surface area contributed by atoms with E-state index in [0.717, 1.165) is 25.1 Å². The van der Waals surface area contributed by atoms with Crippen LogP contribution in [0.15, 0.2) is 12.2 Å². The first-order valence-corrected chi connectivity index (χ1v) is 4.91. The van der Waals surface area contributed by atoms with E-state index in [0.29, 0.717) is 12.4 Å². The van der Waals surface area contributed by atoms with Crippen LogP contribution in [-0.4, -0.2) is 48.4 Å². The number of carbonyl (C=O) groups is 1. The maximum atomic E-state index is 11.5. The molecule has 1 fully saturated rings. The molecule has 1 heterocycles. The average Bonchev–Trinajstić information content (AvgIpc) is 2.13. The van der Waals surface area contributed by atoms with Crippen molar-refractivity contribution in [3.05, 3.63) is 12.2 Å². The van der Waals surface area contributed by atoms with Crippen molar-refractivity contribution in [2.45, 2.75) is 6.42 Å². The van der Waals surface area contributed by atoms with Crippen molar-refractivity contribution in [3.8, 4) is 0 Å². The lowest BCUT2D eigenvalue weighted by Gasteiger charge is -2.33. The molecule has 0 aromatic heterocycles. The maximum Gasteiger partial charge on any atom is 0.320 e. The fourth-order valence-corrected chi connectivity index (χ4v) is 1.47. The average molecular weight is 203 g/mol. The van der Waals surface area contributed by atoms with E-state index in [1.807, 2.05) is 7.05 Å². The van der Waals surface area contributed by atoms with Crippen LogP contribution in [-0.2, 0) is 0 Å². The smallest absolute Gasteiger partial charge is 0.320 e. The van der Waals surface area contributed by atoms with Gasteiger partial charge in [0.15, 0.2) is 0 Å². The molecule has 4 heteroatoms. The second-order valence-corrected chi connectivity index (χ2v) is 3.63. The van der Waals surface area contributed by atoms with Gasteiger partial charge in [0.25, 0.3) is 0 Å². The van der Waals surface area contributed by atoms with E-state index in [9.17, 15) is 4.79 Å². The van der Waals surface area contributed by atoms with Crippen molar-refractivity contribution in [3.63, 3.8) is 0 Å². The molecule has 74 valence electrons. The molecule has 0 spiro atoms. The summed E-state index contributed by atoms with van der Waals surface area (Å²) in [6.45, 7) is 6.04. The van der Waals surface area contributed by atoms with E-state index in [-0.39, 0.29) is 6.03 Å². The first kappa shape index (κ1) is 10.4. The third kappa shape index (κ3) is 2.62. The molecule has 2 amide bonds. The number of hydrogen-bond acceptors (Lipinski definition) is 1. The fraction of sp³-hybridized carbons (Fsp3) is 0.667. The summed E-state index contributed by atoms with van der Waals surface area (Å²) >= 11 is 5.60. The molecule has 0 aromatic rings. The molecule has 0 N–H and O–H groups in total. The molecular weight excluding hydrogens is 188 g/mol. The molecule has 0 bridgehead atoms. The monoisotopic (exact) mass is 202 g/mol. The van der Waals surface area contributed by atoms with E-state index in [1.54, 1.807) is 9.80 Å². The minimum Gasteiger partial charge on any atom is -0.328 e. The minimum absolute atomic E-state index is 0.0810. The summed E-state index contributed by atoms with van der Waals surface area (Å²) in [6, 6.07) is 0.0810. The molecule has 0 atom stereocenters. The van der Waals surface area contributed by atoms with Gasteiger partial charge in [-0.25, -0.2) is 4.79 Å². The molecule has 1 rings (SSSR count). The normalized spacial score (nSPS) is 17.8. The molecule has 0 saturated carbocycles. The zero-order valence-electron chi connectivity index (χ0n) is 7.92. The highest BCUT2D eigenvalue weighted by molar-refractivity contribution is 6.19. The van der Waals surface area contributed by atoms with E-state index >= 15 is 0 Å². The molecule has 1 aliphatic rings. The highest BCUT2D eigenvalue weighted by atomic mass is 35.5. The largest absolute Gasteiger partial charge is 0.328 e. The highest BCUT2D eigenvalue weighted by Gasteiger charge is 2.22. The number of halogens is 1. The Bertz CT molecular complexity index is 218. The third-order valence-corrected chi connectivity index (χ3v) is 2.50. The molecule has 3 nitrogen and oxygen atoms in total. The lowest BCUT2D eigenvalue weighted by Crippen LogP contribution is -2.47. The Kier molecular flexibility index (Phi) is 3.60. The van der Waals surface area contributed by atoms with Crippen LogP contribution in [0.3, 0.4) is 0 Å². The topological polar surface area (TPSA) is 23.6 Å². The standard InChI is InChI=1S/C9H15ClN2O/c1-8(6-10)7-12-5-3-4-11(2)9(12)13/h1,3-7H2,2H3.